The second-order valence-corrected chi connectivity index (χ2v) is 5.72. The van der Waals surface area contributed by atoms with E-state index in [1.807, 2.05) is 0 Å². The molecule has 2 atom stereocenters. The molecule has 2 N–H and O–H groups in total. The van der Waals surface area contributed by atoms with Crippen LogP contribution < -0.4 is 5.32 Å². The molecule has 0 heterocycles. The number of allylic oxidation sites excluding steroid dienone is 1. The van der Waals surface area contributed by atoms with E-state index in [0.717, 1.165) is 0 Å². The molecule has 1 rings (SSSR count). The molecule has 0 aliphatic heterocycles. The summed E-state index contributed by atoms with van der Waals surface area (Å²) in [6.07, 6.45) is -2.43. The van der Waals surface area contributed by atoms with Gasteiger partial charge in [-0.05, 0) is 39.2 Å². The van der Waals surface area contributed by atoms with Gasteiger partial charge in [-0.15, -0.1) is 0 Å². The van der Waals surface area contributed by atoms with Crippen LogP contribution in [0.3, 0.4) is 0 Å². The van der Waals surface area contributed by atoms with Gasteiger partial charge in [0.25, 0.3) is 6.43 Å². The molecule has 2 unspecified atom stereocenters. The lowest BCUT2D eigenvalue weighted by molar-refractivity contribution is -0.142. The number of carboxylic acids is 1. The van der Waals surface area contributed by atoms with Crippen LogP contribution >= 0.6 is 0 Å². The Labute approximate surface area is 116 Å². The number of hydrogen-bond donors (Lipinski definition) is 2. The van der Waals surface area contributed by atoms with Crippen molar-refractivity contribution in [3.63, 3.8) is 0 Å². The molecule has 0 fully saturated rings. The highest BCUT2D eigenvalue weighted by Gasteiger charge is 2.35. The molecule has 0 aromatic heterocycles. The van der Waals surface area contributed by atoms with Gasteiger partial charge in [-0.3, -0.25) is 4.79 Å². The molecule has 114 valence electrons. The van der Waals surface area contributed by atoms with Crippen LogP contribution in [0.25, 0.3) is 0 Å². The largest absolute Gasteiger partial charge is 0.481 e. The number of carbonyl (C=O) groups is 2. The Bertz CT molecular complexity index is 415. The molecule has 20 heavy (non-hydrogen) atoms. The zero-order chi connectivity index (χ0) is 15.5. The van der Waals surface area contributed by atoms with Crippen LogP contribution in [0.5, 0.6) is 0 Å². The summed E-state index contributed by atoms with van der Waals surface area (Å²) in [7, 11) is 0. The number of alkyl halides is 2. The van der Waals surface area contributed by atoms with Gasteiger partial charge in [0.1, 0.15) is 5.60 Å². The maximum Gasteiger partial charge on any atom is 0.407 e. The fraction of sp³-hybridized carbons (Fsp3) is 0.692. The predicted molar refractivity (Wildman–Crippen MR) is 67.6 cm³/mol. The summed E-state index contributed by atoms with van der Waals surface area (Å²) in [5.41, 5.74) is -0.887. The van der Waals surface area contributed by atoms with Gasteiger partial charge in [0.15, 0.2) is 0 Å². The third-order valence-electron chi connectivity index (χ3n) is 2.87. The summed E-state index contributed by atoms with van der Waals surface area (Å²) >= 11 is 0. The van der Waals surface area contributed by atoms with Crippen molar-refractivity contribution in [3.8, 4) is 0 Å². The Kier molecular flexibility index (Phi) is 5.08. The monoisotopic (exact) mass is 291 g/mol. The van der Waals surface area contributed by atoms with Crippen molar-refractivity contribution in [1.82, 2.24) is 5.32 Å². The van der Waals surface area contributed by atoms with Gasteiger partial charge in [0, 0.05) is 6.04 Å². The number of nitrogens with one attached hydrogen (secondary N) is 1. The highest BCUT2D eigenvalue weighted by Crippen LogP contribution is 2.28. The van der Waals surface area contributed by atoms with E-state index in [1.165, 1.54) is 6.08 Å². The average molecular weight is 291 g/mol. The normalized spacial score (nSPS) is 23.2. The number of carbonyl (C=O) groups excluding carboxylic acids is 1. The van der Waals surface area contributed by atoms with Crippen LogP contribution in [0, 0.1) is 5.92 Å². The van der Waals surface area contributed by atoms with Crippen molar-refractivity contribution in [2.24, 2.45) is 5.92 Å². The summed E-state index contributed by atoms with van der Waals surface area (Å²) in [5, 5.41) is 11.4. The van der Waals surface area contributed by atoms with Gasteiger partial charge in [-0.2, -0.15) is 0 Å². The van der Waals surface area contributed by atoms with Crippen molar-refractivity contribution in [1.29, 1.82) is 0 Å². The zero-order valence-corrected chi connectivity index (χ0v) is 11.7. The molecule has 1 aliphatic carbocycles. The molecular formula is C13H19F2NO4. The van der Waals surface area contributed by atoms with Crippen LogP contribution in [0.1, 0.15) is 33.6 Å². The van der Waals surface area contributed by atoms with Gasteiger partial charge < -0.3 is 15.2 Å². The van der Waals surface area contributed by atoms with E-state index in [4.69, 9.17) is 9.84 Å². The maximum atomic E-state index is 12.7. The first-order chi connectivity index (χ1) is 9.10. The molecule has 0 bridgehead atoms. The molecule has 0 radical (unpaired) electrons. The van der Waals surface area contributed by atoms with E-state index >= 15 is 0 Å². The standard InChI is InChI=1S/C13H19F2NO4/c1-13(2,3)20-12(19)16-9-6-7(10(14)15)4-5-8(9)11(17)18/h4,8-10H,5-6H2,1-3H3,(H,16,19)(H,17,18). The fourth-order valence-electron chi connectivity index (χ4n) is 1.98. The highest BCUT2D eigenvalue weighted by atomic mass is 19.3. The Hall–Kier alpha value is -1.66. The molecular weight excluding hydrogens is 272 g/mol. The number of aliphatic carboxylic acids is 1. The van der Waals surface area contributed by atoms with Crippen LogP contribution in [-0.2, 0) is 9.53 Å². The van der Waals surface area contributed by atoms with Crippen LogP contribution in [0.15, 0.2) is 11.6 Å². The molecule has 1 aliphatic rings. The summed E-state index contributed by atoms with van der Waals surface area (Å²) in [6.45, 7) is 4.98. The lowest BCUT2D eigenvalue weighted by Gasteiger charge is -2.30. The van der Waals surface area contributed by atoms with E-state index < -0.39 is 36.0 Å². The summed E-state index contributed by atoms with van der Waals surface area (Å²) in [4.78, 5) is 22.7. The Morgan fingerprint density at radius 1 is 1.45 bits per heavy atom. The van der Waals surface area contributed by atoms with E-state index in [9.17, 15) is 18.4 Å². The molecule has 0 aromatic rings. The van der Waals surface area contributed by atoms with Crippen molar-refractivity contribution in [2.45, 2.75) is 51.7 Å². The van der Waals surface area contributed by atoms with E-state index in [2.05, 4.69) is 5.32 Å². The highest BCUT2D eigenvalue weighted by molar-refractivity contribution is 5.74. The second-order valence-electron chi connectivity index (χ2n) is 5.72. The van der Waals surface area contributed by atoms with Crippen LogP contribution in [-0.4, -0.2) is 35.2 Å². The molecule has 0 spiro atoms. The van der Waals surface area contributed by atoms with E-state index in [-0.39, 0.29) is 18.4 Å². The van der Waals surface area contributed by atoms with Crippen LogP contribution in [0.4, 0.5) is 13.6 Å². The number of carboxylic acid groups (broad SMARTS) is 1. The topological polar surface area (TPSA) is 75.6 Å². The Balaban J connectivity index is 2.76. The number of ether oxygens (including phenoxy) is 1. The molecule has 7 heteroatoms. The van der Waals surface area contributed by atoms with E-state index in [0.29, 0.717) is 0 Å². The number of halogens is 2. The third-order valence-corrected chi connectivity index (χ3v) is 2.87. The first-order valence-corrected chi connectivity index (χ1v) is 6.29. The summed E-state index contributed by atoms with van der Waals surface area (Å²) < 4.78 is 30.4. The number of rotatable bonds is 3. The number of hydrogen-bond acceptors (Lipinski definition) is 3. The minimum Gasteiger partial charge on any atom is -0.481 e. The smallest absolute Gasteiger partial charge is 0.407 e. The fourth-order valence-corrected chi connectivity index (χ4v) is 1.98. The first kappa shape index (κ1) is 16.4. The van der Waals surface area contributed by atoms with Crippen molar-refractivity contribution in [2.75, 3.05) is 0 Å². The lowest BCUT2D eigenvalue weighted by atomic mass is 9.85. The third kappa shape index (κ3) is 4.79. The van der Waals surface area contributed by atoms with Crippen molar-refractivity contribution < 1.29 is 28.2 Å². The minimum absolute atomic E-state index is 0.0323. The van der Waals surface area contributed by atoms with Gasteiger partial charge in [0.2, 0.25) is 0 Å². The van der Waals surface area contributed by atoms with Crippen molar-refractivity contribution in [3.05, 3.63) is 11.6 Å². The summed E-state index contributed by atoms with van der Waals surface area (Å²) in [6, 6.07) is -0.892. The second kappa shape index (κ2) is 6.19. The molecule has 0 saturated carbocycles. The minimum atomic E-state index is -2.65. The SMILES string of the molecule is CC(C)(C)OC(=O)NC1CC(C(F)F)=CCC1C(=O)O. The molecule has 5 nitrogen and oxygen atoms in total. The Morgan fingerprint density at radius 2 is 2.05 bits per heavy atom. The molecule has 0 aromatic carbocycles. The van der Waals surface area contributed by atoms with Gasteiger partial charge >= 0.3 is 12.1 Å². The molecule has 0 saturated heterocycles. The lowest BCUT2D eigenvalue weighted by Crippen LogP contribution is -2.47. The number of alkyl carbamates (subject to hydrolysis) is 1. The quantitative estimate of drug-likeness (QED) is 0.784. The Morgan fingerprint density at radius 3 is 2.50 bits per heavy atom. The average Bonchev–Trinajstić information content (AvgIpc) is 2.25. The maximum absolute atomic E-state index is 12.7. The zero-order valence-electron chi connectivity index (χ0n) is 11.7. The summed E-state index contributed by atoms with van der Waals surface area (Å²) in [5.74, 6) is -2.05. The number of amides is 1. The van der Waals surface area contributed by atoms with Gasteiger partial charge in [0.05, 0.1) is 5.92 Å². The predicted octanol–water partition coefficient (Wildman–Crippen LogP) is 2.57. The first-order valence-electron chi connectivity index (χ1n) is 6.29. The van der Waals surface area contributed by atoms with Gasteiger partial charge in [-0.25, -0.2) is 13.6 Å². The van der Waals surface area contributed by atoms with E-state index in [1.54, 1.807) is 20.8 Å². The van der Waals surface area contributed by atoms with Crippen molar-refractivity contribution >= 4 is 12.1 Å². The van der Waals surface area contributed by atoms with Crippen LogP contribution in [0.2, 0.25) is 0 Å². The molecule has 1 amide bonds. The van der Waals surface area contributed by atoms with Gasteiger partial charge in [-0.1, -0.05) is 6.08 Å².